The second-order valence-electron chi connectivity index (χ2n) is 14.5. The van der Waals surface area contributed by atoms with Crippen molar-refractivity contribution in [3.8, 4) is 11.4 Å². The van der Waals surface area contributed by atoms with Gasteiger partial charge in [0.05, 0.1) is 40.4 Å². The normalized spacial score (nSPS) is 20.6. The first-order valence-corrected chi connectivity index (χ1v) is 19.0. The van der Waals surface area contributed by atoms with E-state index in [0.717, 1.165) is 43.6 Å². The van der Waals surface area contributed by atoms with Gasteiger partial charge in [-0.15, -0.1) is 5.10 Å². The Balaban J connectivity index is 1.08. The average Bonchev–Trinajstić information content (AvgIpc) is 3.90. The zero-order valence-corrected chi connectivity index (χ0v) is 31.8. The molecule has 0 aliphatic carbocycles. The number of hydrogen-bond donors (Lipinski definition) is 1. The number of halogens is 2. The summed E-state index contributed by atoms with van der Waals surface area (Å²) in [6.07, 6.45) is 4.33. The molecule has 1 aromatic heterocycles. The SMILES string of the molecule is COc1ccc(-n2cnnn2)cc1C(=O)N1CC[C@](CCN2CCC(C(=O)N3CCN(CC(=O)O)CC3)(c3ccccc3)CC2)(c2ccc(Cl)c(Cl)c2)C1. The predicted molar refractivity (Wildman–Crippen MR) is 203 cm³/mol. The van der Waals surface area contributed by atoms with Crippen molar-refractivity contribution >= 4 is 41.0 Å². The molecule has 0 saturated carbocycles. The van der Waals surface area contributed by atoms with Crippen molar-refractivity contribution < 1.29 is 24.2 Å². The van der Waals surface area contributed by atoms with Crippen LogP contribution in [0.15, 0.2) is 73.1 Å². The average molecular weight is 776 g/mol. The molecule has 4 aromatic rings. The van der Waals surface area contributed by atoms with Gasteiger partial charge in [0.25, 0.3) is 5.91 Å². The van der Waals surface area contributed by atoms with Crippen molar-refractivity contribution in [1.29, 1.82) is 0 Å². The van der Waals surface area contributed by atoms with E-state index in [1.54, 1.807) is 25.3 Å². The number of piperazine rings is 1. The lowest BCUT2D eigenvalue weighted by molar-refractivity contribution is -0.142. The molecule has 54 heavy (non-hydrogen) atoms. The third kappa shape index (κ3) is 7.68. The van der Waals surface area contributed by atoms with Crippen LogP contribution in [0, 0.1) is 0 Å². The van der Waals surface area contributed by atoms with Gasteiger partial charge >= 0.3 is 5.97 Å². The van der Waals surface area contributed by atoms with Gasteiger partial charge < -0.3 is 24.5 Å². The number of carbonyl (C=O) groups is 3. The van der Waals surface area contributed by atoms with Gasteiger partial charge in [-0.25, -0.2) is 4.68 Å². The molecule has 0 unspecified atom stereocenters. The van der Waals surface area contributed by atoms with Gasteiger partial charge in [0, 0.05) is 44.7 Å². The van der Waals surface area contributed by atoms with Crippen LogP contribution in [0.5, 0.6) is 5.75 Å². The number of aromatic nitrogens is 4. The monoisotopic (exact) mass is 774 g/mol. The van der Waals surface area contributed by atoms with Crippen LogP contribution in [0.4, 0.5) is 0 Å². The number of nitrogens with zero attached hydrogens (tertiary/aromatic N) is 8. The highest BCUT2D eigenvalue weighted by molar-refractivity contribution is 6.42. The third-order valence-electron chi connectivity index (χ3n) is 11.6. The largest absolute Gasteiger partial charge is 0.496 e. The number of likely N-dealkylation sites (tertiary alicyclic amines) is 2. The van der Waals surface area contributed by atoms with E-state index in [1.807, 2.05) is 51.1 Å². The van der Waals surface area contributed by atoms with E-state index in [2.05, 4.69) is 32.6 Å². The zero-order valence-electron chi connectivity index (χ0n) is 30.2. The van der Waals surface area contributed by atoms with E-state index >= 15 is 0 Å². The van der Waals surface area contributed by atoms with Gasteiger partial charge in [-0.2, -0.15) is 0 Å². The van der Waals surface area contributed by atoms with Gasteiger partial charge in [-0.3, -0.25) is 19.3 Å². The minimum absolute atomic E-state index is 0.0141. The Morgan fingerprint density at radius 2 is 1.57 bits per heavy atom. The number of benzene rings is 3. The topological polar surface area (TPSA) is 137 Å². The molecule has 0 radical (unpaired) electrons. The molecule has 4 heterocycles. The zero-order chi connectivity index (χ0) is 37.9. The van der Waals surface area contributed by atoms with Gasteiger partial charge in [-0.05, 0) is 97.2 Å². The fourth-order valence-corrected chi connectivity index (χ4v) is 8.73. The number of carboxylic acid groups (broad SMARTS) is 1. The first kappa shape index (κ1) is 37.7. The second-order valence-corrected chi connectivity index (χ2v) is 15.3. The number of amides is 2. The summed E-state index contributed by atoms with van der Waals surface area (Å²) in [6, 6.07) is 21.2. The quantitative estimate of drug-likeness (QED) is 0.233. The van der Waals surface area contributed by atoms with Crippen LogP contribution in [-0.2, 0) is 20.4 Å². The summed E-state index contributed by atoms with van der Waals surface area (Å²) in [6.45, 7) is 5.37. The Morgan fingerprint density at radius 3 is 2.24 bits per heavy atom. The van der Waals surface area contributed by atoms with Crippen molar-refractivity contribution in [1.82, 2.24) is 39.8 Å². The van der Waals surface area contributed by atoms with E-state index in [9.17, 15) is 19.5 Å². The number of carbonyl (C=O) groups excluding carboxylic acids is 2. The molecule has 0 bridgehead atoms. The minimum atomic E-state index is -0.854. The predicted octanol–water partition coefficient (Wildman–Crippen LogP) is 4.41. The summed E-state index contributed by atoms with van der Waals surface area (Å²) in [5.41, 5.74) is 2.10. The van der Waals surface area contributed by atoms with Crippen LogP contribution < -0.4 is 4.74 Å². The molecule has 3 fully saturated rings. The number of carboxylic acids is 1. The molecular weight excluding hydrogens is 731 g/mol. The molecule has 284 valence electrons. The maximum atomic E-state index is 14.4. The van der Waals surface area contributed by atoms with Crippen molar-refractivity contribution in [3.05, 3.63) is 99.8 Å². The third-order valence-corrected chi connectivity index (χ3v) is 12.3. The number of hydrogen-bond acceptors (Lipinski definition) is 9. The Hall–Kier alpha value is -4.56. The lowest BCUT2D eigenvalue weighted by atomic mass is 9.71. The van der Waals surface area contributed by atoms with E-state index in [1.165, 1.54) is 11.0 Å². The number of methoxy groups -OCH3 is 1. The lowest BCUT2D eigenvalue weighted by Crippen LogP contribution is -2.58. The highest BCUT2D eigenvalue weighted by Gasteiger charge is 2.47. The number of piperidine rings is 1. The fraction of sp³-hybridized carbons (Fsp3) is 0.436. The molecule has 2 amide bonds. The van der Waals surface area contributed by atoms with E-state index < -0.39 is 11.4 Å². The van der Waals surface area contributed by atoms with Gasteiger partial charge in [0.2, 0.25) is 5.91 Å². The van der Waals surface area contributed by atoms with Gasteiger partial charge in [0.15, 0.2) is 0 Å². The number of tetrazole rings is 1. The maximum absolute atomic E-state index is 14.4. The highest BCUT2D eigenvalue weighted by Crippen LogP contribution is 2.43. The lowest BCUT2D eigenvalue weighted by Gasteiger charge is -2.46. The van der Waals surface area contributed by atoms with Crippen molar-refractivity contribution in [2.45, 2.75) is 36.5 Å². The summed E-state index contributed by atoms with van der Waals surface area (Å²) in [4.78, 5) is 48.0. The standard InChI is InChI=1S/C39H44Cl2N8O5/c1-54-34-10-8-30(49-27-42-43-44-49)24-31(34)36(52)48-18-12-38(26-48,29-7-9-32(40)33(41)23-29)11-15-45-16-13-39(14-17-45,28-5-3-2-4-6-28)37(53)47-21-19-46(20-22-47)25-35(50)51/h2-10,23-24,27H,11-22,25-26H2,1H3,(H,50,51)/t38-/m0/s1. The fourth-order valence-electron chi connectivity index (χ4n) is 8.43. The Morgan fingerprint density at radius 1 is 0.815 bits per heavy atom. The molecule has 3 aliphatic rings. The number of ether oxygens (including phenoxy) is 1. The van der Waals surface area contributed by atoms with Crippen LogP contribution in [0.25, 0.3) is 5.69 Å². The summed E-state index contributed by atoms with van der Waals surface area (Å²) in [7, 11) is 1.55. The van der Waals surface area contributed by atoms with Crippen LogP contribution in [0.3, 0.4) is 0 Å². The Labute approximate surface area is 324 Å². The van der Waals surface area contributed by atoms with Gasteiger partial charge in [0.1, 0.15) is 12.1 Å². The second kappa shape index (κ2) is 16.0. The molecule has 15 heteroatoms. The van der Waals surface area contributed by atoms with E-state index in [4.69, 9.17) is 27.9 Å². The summed E-state index contributed by atoms with van der Waals surface area (Å²) >= 11 is 13.0. The van der Waals surface area contributed by atoms with E-state index in [0.29, 0.717) is 79.2 Å². The van der Waals surface area contributed by atoms with Crippen molar-refractivity contribution in [3.63, 3.8) is 0 Å². The molecule has 1 atom stereocenters. The van der Waals surface area contributed by atoms with Crippen LogP contribution in [0.2, 0.25) is 10.0 Å². The molecule has 1 N–H and O–H groups in total. The van der Waals surface area contributed by atoms with Crippen molar-refractivity contribution in [2.75, 3.05) is 72.6 Å². The smallest absolute Gasteiger partial charge is 0.317 e. The molecule has 0 spiro atoms. The van der Waals surface area contributed by atoms with E-state index in [-0.39, 0.29) is 23.8 Å². The molecule has 7 rings (SSSR count). The summed E-state index contributed by atoms with van der Waals surface area (Å²) < 4.78 is 7.12. The first-order valence-electron chi connectivity index (χ1n) is 18.3. The van der Waals surface area contributed by atoms with Crippen LogP contribution in [-0.4, -0.2) is 135 Å². The van der Waals surface area contributed by atoms with Gasteiger partial charge in [-0.1, -0.05) is 59.6 Å². The number of aliphatic carboxylic acids is 1. The van der Waals surface area contributed by atoms with Crippen LogP contribution in [0.1, 0.15) is 47.2 Å². The molecule has 13 nitrogen and oxygen atoms in total. The van der Waals surface area contributed by atoms with Crippen molar-refractivity contribution in [2.24, 2.45) is 0 Å². The minimum Gasteiger partial charge on any atom is -0.496 e. The molecule has 3 saturated heterocycles. The Kier molecular flexibility index (Phi) is 11.2. The van der Waals surface area contributed by atoms with Crippen LogP contribution >= 0.6 is 23.2 Å². The molecule has 3 aliphatic heterocycles. The highest BCUT2D eigenvalue weighted by atomic mass is 35.5. The maximum Gasteiger partial charge on any atom is 0.317 e. The number of rotatable bonds is 11. The summed E-state index contributed by atoms with van der Waals surface area (Å²) in [5.74, 6) is -0.402. The molecular formula is C39H44Cl2N8O5. The first-order chi connectivity index (χ1) is 26.1. The molecule has 3 aromatic carbocycles. The summed E-state index contributed by atoms with van der Waals surface area (Å²) in [5, 5.41) is 21.6. The Bertz CT molecular complexity index is 1970.